The summed E-state index contributed by atoms with van der Waals surface area (Å²) in [6, 6.07) is 6.08. The zero-order valence-electron chi connectivity index (χ0n) is 15.5. The predicted molar refractivity (Wildman–Crippen MR) is 98.4 cm³/mol. The molecule has 3 fully saturated rings. The Labute approximate surface area is 159 Å². The highest BCUT2D eigenvalue weighted by atomic mass is 16.7. The molecule has 1 N–H and O–H groups in total. The zero-order valence-corrected chi connectivity index (χ0v) is 15.5. The molecule has 2 aliphatic heterocycles. The average molecular weight is 370 g/mol. The van der Waals surface area contributed by atoms with Crippen molar-refractivity contribution in [3.63, 3.8) is 0 Å². The topological polar surface area (TPSA) is 67.9 Å². The second-order valence-electron chi connectivity index (χ2n) is 8.29. The smallest absolute Gasteiger partial charge is 0.246 e. The van der Waals surface area contributed by atoms with Gasteiger partial charge in [-0.15, -0.1) is 0 Å². The largest absolute Gasteiger partial charge is 0.454 e. The molecular formula is C21H26N2O4. The Bertz CT molecular complexity index is 765. The van der Waals surface area contributed by atoms with Crippen LogP contribution in [0.15, 0.2) is 18.2 Å². The molecule has 1 atom stereocenters. The third-order valence-electron chi connectivity index (χ3n) is 6.73. The molecule has 1 unspecified atom stereocenters. The van der Waals surface area contributed by atoms with Crippen LogP contribution in [0, 0.1) is 0 Å². The van der Waals surface area contributed by atoms with Crippen LogP contribution in [0.2, 0.25) is 0 Å². The fraction of sp³-hybridized carbons (Fsp3) is 0.619. The molecule has 0 spiro atoms. The number of nitrogens with one attached hydrogen (secondary N) is 1. The molecule has 2 saturated carbocycles. The van der Waals surface area contributed by atoms with Crippen molar-refractivity contribution in [2.24, 2.45) is 0 Å². The molecule has 0 radical (unpaired) electrons. The number of nitrogens with zero attached hydrogens (tertiary/aromatic N) is 1. The van der Waals surface area contributed by atoms with E-state index < -0.39 is 5.54 Å². The van der Waals surface area contributed by atoms with Crippen LogP contribution < -0.4 is 14.8 Å². The van der Waals surface area contributed by atoms with Gasteiger partial charge in [0.2, 0.25) is 18.6 Å². The number of hydrogen-bond acceptors (Lipinski definition) is 4. The molecule has 5 rings (SSSR count). The first kappa shape index (κ1) is 16.9. The van der Waals surface area contributed by atoms with Gasteiger partial charge in [0.25, 0.3) is 0 Å². The van der Waals surface area contributed by atoms with Gasteiger partial charge in [-0.25, -0.2) is 0 Å². The van der Waals surface area contributed by atoms with E-state index in [-0.39, 0.29) is 30.7 Å². The Morgan fingerprint density at radius 3 is 2.56 bits per heavy atom. The molecule has 1 aromatic carbocycles. The number of fused-ring (bicyclic) bond motifs is 1. The first-order valence-corrected chi connectivity index (χ1v) is 10.2. The van der Waals surface area contributed by atoms with Gasteiger partial charge in [0.15, 0.2) is 11.5 Å². The summed E-state index contributed by atoms with van der Waals surface area (Å²) in [5.74, 6) is 1.61. The Hall–Kier alpha value is -2.24. The number of β-lactam (4-membered cyclic amide) rings is 1. The molecule has 6 nitrogen and oxygen atoms in total. The molecule has 4 aliphatic rings. The zero-order chi connectivity index (χ0) is 18.4. The fourth-order valence-electron chi connectivity index (χ4n) is 5.27. The van der Waals surface area contributed by atoms with Crippen LogP contribution in [0.5, 0.6) is 11.5 Å². The van der Waals surface area contributed by atoms with Gasteiger partial charge in [0, 0.05) is 6.04 Å². The van der Waals surface area contributed by atoms with Gasteiger partial charge in [0.05, 0.1) is 12.5 Å². The molecule has 0 bridgehead atoms. The second kappa shape index (κ2) is 6.43. The van der Waals surface area contributed by atoms with Gasteiger partial charge < -0.3 is 19.7 Å². The summed E-state index contributed by atoms with van der Waals surface area (Å²) in [6.45, 7) is 0.236. The average Bonchev–Trinajstić information content (AvgIpc) is 3.40. The lowest BCUT2D eigenvalue weighted by Gasteiger charge is -2.51. The summed E-state index contributed by atoms with van der Waals surface area (Å²) in [6.07, 6.45) is 8.45. The van der Waals surface area contributed by atoms with Gasteiger partial charge in [-0.1, -0.05) is 31.7 Å². The SMILES string of the molecule is O=C1CC(c2ccc3c(c2)OCO3)N1C1(C(=O)NC2CCCC2)CCCC1. The van der Waals surface area contributed by atoms with E-state index in [0.717, 1.165) is 55.6 Å². The van der Waals surface area contributed by atoms with Crippen molar-refractivity contribution in [3.05, 3.63) is 23.8 Å². The van der Waals surface area contributed by atoms with Gasteiger partial charge >= 0.3 is 0 Å². The maximum absolute atomic E-state index is 13.3. The molecule has 6 heteroatoms. The van der Waals surface area contributed by atoms with Crippen LogP contribution in [-0.4, -0.2) is 35.1 Å². The Morgan fingerprint density at radius 1 is 1.07 bits per heavy atom. The van der Waals surface area contributed by atoms with Crippen molar-refractivity contribution in [2.45, 2.75) is 75.4 Å². The van der Waals surface area contributed by atoms with Crippen molar-refractivity contribution in [1.29, 1.82) is 0 Å². The van der Waals surface area contributed by atoms with Crippen molar-refractivity contribution >= 4 is 11.8 Å². The van der Waals surface area contributed by atoms with E-state index in [0.29, 0.717) is 6.42 Å². The Kier molecular flexibility index (Phi) is 4.02. The molecule has 2 amide bonds. The van der Waals surface area contributed by atoms with E-state index in [1.807, 2.05) is 23.1 Å². The van der Waals surface area contributed by atoms with Crippen LogP contribution in [0.1, 0.15) is 69.4 Å². The standard InChI is InChI=1S/C21H26N2O4/c24-19-12-16(14-7-8-17-18(11-14)27-13-26-17)23(19)21(9-3-4-10-21)20(25)22-15-5-1-2-6-15/h7-8,11,15-16H,1-6,9-10,12-13H2,(H,22,25). The normalized spacial score (nSPS) is 26.3. The fourth-order valence-corrected chi connectivity index (χ4v) is 5.27. The summed E-state index contributed by atoms with van der Waals surface area (Å²) in [7, 11) is 0. The molecule has 0 aromatic heterocycles. The van der Waals surface area contributed by atoms with E-state index in [4.69, 9.17) is 9.47 Å². The summed E-state index contributed by atoms with van der Waals surface area (Å²) in [4.78, 5) is 27.9. The lowest BCUT2D eigenvalue weighted by Crippen LogP contribution is -2.65. The predicted octanol–water partition coefficient (Wildman–Crippen LogP) is 3.06. The third kappa shape index (κ3) is 2.68. The molecule has 2 heterocycles. The van der Waals surface area contributed by atoms with Crippen molar-refractivity contribution < 1.29 is 19.1 Å². The van der Waals surface area contributed by atoms with Crippen LogP contribution in [0.3, 0.4) is 0 Å². The molecular weight excluding hydrogens is 344 g/mol. The van der Waals surface area contributed by atoms with E-state index in [1.54, 1.807) is 0 Å². The van der Waals surface area contributed by atoms with Gasteiger partial charge in [-0.05, 0) is 43.4 Å². The maximum Gasteiger partial charge on any atom is 0.246 e. The van der Waals surface area contributed by atoms with E-state index in [1.165, 1.54) is 12.8 Å². The highest BCUT2D eigenvalue weighted by Crippen LogP contribution is 2.49. The number of benzene rings is 1. The number of ether oxygens (including phenoxy) is 2. The Morgan fingerprint density at radius 2 is 1.81 bits per heavy atom. The van der Waals surface area contributed by atoms with E-state index in [2.05, 4.69) is 5.32 Å². The number of likely N-dealkylation sites (tertiary alicyclic amines) is 1. The monoisotopic (exact) mass is 370 g/mol. The summed E-state index contributed by atoms with van der Waals surface area (Å²) >= 11 is 0. The van der Waals surface area contributed by atoms with Gasteiger partial charge in [0.1, 0.15) is 5.54 Å². The number of carbonyl (C=O) groups is 2. The summed E-state index contributed by atoms with van der Waals surface area (Å²) in [5, 5.41) is 3.27. The molecule has 2 aliphatic carbocycles. The van der Waals surface area contributed by atoms with Crippen LogP contribution in [-0.2, 0) is 9.59 Å². The minimum absolute atomic E-state index is 0.0561. The third-order valence-corrected chi connectivity index (χ3v) is 6.73. The number of amides is 2. The Balaban J connectivity index is 1.42. The van der Waals surface area contributed by atoms with E-state index >= 15 is 0 Å². The van der Waals surface area contributed by atoms with Gasteiger partial charge in [-0.2, -0.15) is 0 Å². The minimum atomic E-state index is -0.682. The molecule has 1 saturated heterocycles. The van der Waals surface area contributed by atoms with Gasteiger partial charge in [-0.3, -0.25) is 9.59 Å². The quantitative estimate of drug-likeness (QED) is 0.827. The van der Waals surface area contributed by atoms with Crippen LogP contribution in [0.25, 0.3) is 0 Å². The van der Waals surface area contributed by atoms with Crippen molar-refractivity contribution in [1.82, 2.24) is 10.2 Å². The van der Waals surface area contributed by atoms with Crippen LogP contribution in [0.4, 0.5) is 0 Å². The van der Waals surface area contributed by atoms with Crippen LogP contribution >= 0.6 is 0 Å². The number of rotatable bonds is 4. The number of hydrogen-bond donors (Lipinski definition) is 1. The highest BCUT2D eigenvalue weighted by Gasteiger charge is 2.56. The van der Waals surface area contributed by atoms with Crippen molar-refractivity contribution in [3.8, 4) is 11.5 Å². The maximum atomic E-state index is 13.3. The minimum Gasteiger partial charge on any atom is -0.454 e. The molecule has 1 aromatic rings. The first-order valence-electron chi connectivity index (χ1n) is 10.2. The molecule has 27 heavy (non-hydrogen) atoms. The van der Waals surface area contributed by atoms with E-state index in [9.17, 15) is 9.59 Å². The lowest BCUT2D eigenvalue weighted by molar-refractivity contribution is -0.165. The molecule has 144 valence electrons. The first-order chi connectivity index (χ1) is 13.2. The summed E-state index contributed by atoms with van der Waals surface area (Å²) < 4.78 is 10.9. The number of carbonyl (C=O) groups excluding carboxylic acids is 2. The van der Waals surface area contributed by atoms with Crippen molar-refractivity contribution in [2.75, 3.05) is 6.79 Å². The second-order valence-corrected chi connectivity index (χ2v) is 8.29. The summed E-state index contributed by atoms with van der Waals surface area (Å²) in [5.41, 5.74) is 0.345. The lowest BCUT2D eigenvalue weighted by atomic mass is 9.82. The highest BCUT2D eigenvalue weighted by molar-refractivity contribution is 5.95.